The summed E-state index contributed by atoms with van der Waals surface area (Å²) >= 11 is 0. The molecule has 4 nitrogen and oxygen atoms in total. The summed E-state index contributed by atoms with van der Waals surface area (Å²) in [5, 5.41) is 1.87. The SMILES string of the molecule is O=S(=O)(CCOc1ccccc1)Nc1cccc2ccccc12. The Morgan fingerprint density at radius 1 is 0.826 bits per heavy atom. The molecule has 23 heavy (non-hydrogen) atoms. The van der Waals surface area contributed by atoms with Gasteiger partial charge in [-0.2, -0.15) is 0 Å². The van der Waals surface area contributed by atoms with Crippen molar-refractivity contribution in [3.8, 4) is 5.75 Å². The molecule has 0 bridgehead atoms. The fraction of sp³-hybridized carbons (Fsp3) is 0.111. The monoisotopic (exact) mass is 327 g/mol. The maximum absolute atomic E-state index is 12.2. The van der Waals surface area contributed by atoms with Gasteiger partial charge in [0.15, 0.2) is 0 Å². The lowest BCUT2D eigenvalue weighted by Crippen LogP contribution is -2.21. The number of benzene rings is 3. The Morgan fingerprint density at radius 2 is 1.52 bits per heavy atom. The molecule has 0 radical (unpaired) electrons. The van der Waals surface area contributed by atoms with E-state index in [2.05, 4.69) is 4.72 Å². The van der Waals surface area contributed by atoms with Crippen LogP contribution < -0.4 is 9.46 Å². The molecule has 0 saturated heterocycles. The van der Waals surface area contributed by atoms with Gasteiger partial charge in [-0.25, -0.2) is 8.42 Å². The molecule has 3 aromatic rings. The van der Waals surface area contributed by atoms with Gasteiger partial charge in [-0.1, -0.05) is 54.6 Å². The van der Waals surface area contributed by atoms with Crippen molar-refractivity contribution in [2.75, 3.05) is 17.1 Å². The first kappa shape index (κ1) is 15.4. The summed E-state index contributed by atoms with van der Waals surface area (Å²) in [6, 6.07) is 22.4. The molecule has 0 spiro atoms. The minimum atomic E-state index is -3.47. The number of hydrogen-bond acceptors (Lipinski definition) is 3. The third-order valence-corrected chi connectivity index (χ3v) is 4.65. The molecule has 0 unspecified atom stereocenters. The predicted molar refractivity (Wildman–Crippen MR) is 93.3 cm³/mol. The maximum Gasteiger partial charge on any atom is 0.236 e. The van der Waals surface area contributed by atoms with Crippen molar-refractivity contribution in [2.24, 2.45) is 0 Å². The highest BCUT2D eigenvalue weighted by molar-refractivity contribution is 7.92. The van der Waals surface area contributed by atoms with Crippen molar-refractivity contribution in [1.29, 1.82) is 0 Å². The van der Waals surface area contributed by atoms with E-state index >= 15 is 0 Å². The van der Waals surface area contributed by atoms with Crippen LogP contribution in [0.4, 0.5) is 5.69 Å². The second-order valence-electron chi connectivity index (χ2n) is 5.11. The molecule has 0 aliphatic heterocycles. The number of para-hydroxylation sites is 1. The van der Waals surface area contributed by atoms with Crippen LogP contribution in [0, 0.1) is 0 Å². The molecule has 0 saturated carbocycles. The summed E-state index contributed by atoms with van der Waals surface area (Å²) in [7, 11) is -3.47. The van der Waals surface area contributed by atoms with Gasteiger partial charge in [0.1, 0.15) is 18.1 Å². The lowest BCUT2D eigenvalue weighted by atomic mass is 10.1. The van der Waals surface area contributed by atoms with Gasteiger partial charge in [0.25, 0.3) is 0 Å². The van der Waals surface area contributed by atoms with Crippen LogP contribution in [0.5, 0.6) is 5.75 Å². The molecule has 0 fully saturated rings. The third kappa shape index (κ3) is 4.02. The molecule has 0 heterocycles. The number of sulfonamides is 1. The normalized spacial score (nSPS) is 11.3. The molecule has 0 atom stereocenters. The Bertz CT molecular complexity index is 887. The molecule has 0 aromatic heterocycles. The van der Waals surface area contributed by atoms with Crippen molar-refractivity contribution in [3.63, 3.8) is 0 Å². The second-order valence-corrected chi connectivity index (χ2v) is 6.95. The second kappa shape index (κ2) is 6.71. The lowest BCUT2D eigenvalue weighted by molar-refractivity contribution is 0.341. The van der Waals surface area contributed by atoms with Crippen LogP contribution in [0.1, 0.15) is 0 Å². The summed E-state index contributed by atoms with van der Waals surface area (Å²) in [4.78, 5) is 0. The van der Waals surface area contributed by atoms with Crippen molar-refractivity contribution in [1.82, 2.24) is 0 Å². The fourth-order valence-corrected chi connectivity index (χ4v) is 3.24. The van der Waals surface area contributed by atoms with Crippen LogP contribution in [0.15, 0.2) is 72.8 Å². The minimum Gasteiger partial charge on any atom is -0.492 e. The quantitative estimate of drug-likeness (QED) is 0.752. The van der Waals surface area contributed by atoms with Gasteiger partial charge >= 0.3 is 0 Å². The average Bonchev–Trinajstić information content (AvgIpc) is 2.56. The third-order valence-electron chi connectivity index (χ3n) is 3.42. The van der Waals surface area contributed by atoms with Crippen LogP contribution in [-0.4, -0.2) is 20.8 Å². The van der Waals surface area contributed by atoms with Crippen LogP contribution in [0.3, 0.4) is 0 Å². The summed E-state index contributed by atoms with van der Waals surface area (Å²) in [6.07, 6.45) is 0. The molecule has 3 rings (SSSR count). The highest BCUT2D eigenvalue weighted by atomic mass is 32.2. The fourth-order valence-electron chi connectivity index (χ4n) is 2.32. The summed E-state index contributed by atoms with van der Waals surface area (Å²) in [5.41, 5.74) is 0.586. The van der Waals surface area contributed by atoms with Gasteiger partial charge in [-0.15, -0.1) is 0 Å². The molecule has 118 valence electrons. The zero-order chi connectivity index (χ0) is 16.1. The van der Waals surface area contributed by atoms with Crippen LogP contribution >= 0.6 is 0 Å². The first-order chi connectivity index (χ1) is 11.1. The number of hydrogen-bond donors (Lipinski definition) is 1. The summed E-state index contributed by atoms with van der Waals surface area (Å²) in [5.74, 6) is 0.554. The Balaban J connectivity index is 1.68. The number of nitrogens with one attached hydrogen (secondary N) is 1. The van der Waals surface area contributed by atoms with Gasteiger partial charge in [-0.05, 0) is 23.6 Å². The standard InChI is InChI=1S/C18H17NO3S/c20-23(21,14-13-22-16-9-2-1-3-10-16)19-18-12-6-8-15-7-4-5-11-17(15)18/h1-12,19H,13-14H2. The average molecular weight is 327 g/mol. The molecule has 0 amide bonds. The van der Waals surface area contributed by atoms with Crippen molar-refractivity contribution in [2.45, 2.75) is 0 Å². The van der Waals surface area contributed by atoms with Gasteiger partial charge < -0.3 is 4.74 Å². The van der Waals surface area contributed by atoms with Crippen molar-refractivity contribution >= 4 is 26.5 Å². The summed E-state index contributed by atoms with van der Waals surface area (Å²) < 4.78 is 32.6. The number of fused-ring (bicyclic) bond motifs is 1. The van der Waals surface area contributed by atoms with E-state index in [1.165, 1.54) is 0 Å². The lowest BCUT2D eigenvalue weighted by Gasteiger charge is -2.11. The largest absolute Gasteiger partial charge is 0.492 e. The van der Waals surface area contributed by atoms with E-state index in [-0.39, 0.29) is 12.4 Å². The van der Waals surface area contributed by atoms with E-state index in [1.807, 2.05) is 54.6 Å². The summed E-state index contributed by atoms with van der Waals surface area (Å²) in [6.45, 7) is 0.101. The van der Waals surface area contributed by atoms with Gasteiger partial charge in [-0.3, -0.25) is 4.72 Å². The van der Waals surface area contributed by atoms with Crippen LogP contribution in [0.25, 0.3) is 10.8 Å². The molecular weight excluding hydrogens is 310 g/mol. The highest BCUT2D eigenvalue weighted by Gasteiger charge is 2.12. The van der Waals surface area contributed by atoms with E-state index < -0.39 is 10.0 Å². The van der Waals surface area contributed by atoms with E-state index in [9.17, 15) is 8.42 Å². The molecule has 0 aliphatic carbocycles. The van der Waals surface area contributed by atoms with Crippen LogP contribution in [0.2, 0.25) is 0 Å². The maximum atomic E-state index is 12.2. The van der Waals surface area contributed by atoms with Crippen LogP contribution in [-0.2, 0) is 10.0 Å². The zero-order valence-corrected chi connectivity index (χ0v) is 13.3. The number of ether oxygens (including phenoxy) is 1. The predicted octanol–water partition coefficient (Wildman–Crippen LogP) is 3.66. The van der Waals surface area contributed by atoms with Gasteiger partial charge in [0, 0.05) is 5.39 Å². The first-order valence-electron chi connectivity index (χ1n) is 7.30. The first-order valence-corrected chi connectivity index (χ1v) is 8.95. The molecule has 3 aromatic carbocycles. The zero-order valence-electron chi connectivity index (χ0n) is 12.5. The highest BCUT2D eigenvalue weighted by Crippen LogP contribution is 2.23. The Hall–Kier alpha value is -2.53. The van der Waals surface area contributed by atoms with Gasteiger partial charge in [0.2, 0.25) is 10.0 Å². The van der Waals surface area contributed by atoms with E-state index in [0.717, 1.165) is 10.8 Å². The van der Waals surface area contributed by atoms with Crippen molar-refractivity contribution in [3.05, 3.63) is 72.8 Å². The van der Waals surface area contributed by atoms with Gasteiger partial charge in [0.05, 0.1) is 5.69 Å². The molecular formula is C18H17NO3S. The number of rotatable bonds is 6. The van der Waals surface area contributed by atoms with E-state index in [4.69, 9.17) is 4.74 Å². The Morgan fingerprint density at radius 3 is 2.35 bits per heavy atom. The Kier molecular flexibility index (Phi) is 4.48. The van der Waals surface area contributed by atoms with E-state index in [0.29, 0.717) is 11.4 Å². The topological polar surface area (TPSA) is 55.4 Å². The molecule has 0 aliphatic rings. The van der Waals surface area contributed by atoms with Crippen molar-refractivity contribution < 1.29 is 13.2 Å². The molecule has 1 N–H and O–H groups in total. The smallest absolute Gasteiger partial charge is 0.236 e. The minimum absolute atomic E-state index is 0.101. The Labute approximate surface area is 135 Å². The molecule has 5 heteroatoms. The number of anilines is 1. The van der Waals surface area contributed by atoms with E-state index in [1.54, 1.807) is 18.2 Å².